The molecule has 1 aromatic rings. The van der Waals surface area contributed by atoms with Crippen LogP contribution in [-0.4, -0.2) is 37.7 Å². The highest BCUT2D eigenvalue weighted by Crippen LogP contribution is 2.10. The lowest BCUT2D eigenvalue weighted by Gasteiger charge is -2.11. The Kier molecular flexibility index (Phi) is 6.12. The average molecular weight is 304 g/mol. The van der Waals surface area contributed by atoms with E-state index in [1.165, 1.54) is 0 Å². The summed E-state index contributed by atoms with van der Waals surface area (Å²) >= 11 is 0. The molecule has 0 spiro atoms. The molecule has 0 fully saturated rings. The van der Waals surface area contributed by atoms with Crippen LogP contribution in [0.4, 0.5) is 0 Å². The Balaban J connectivity index is 2.74. The van der Waals surface area contributed by atoms with Crippen LogP contribution >= 0.6 is 0 Å². The first kappa shape index (κ1) is 16.3. The highest BCUT2D eigenvalue weighted by molar-refractivity contribution is 7.89. The van der Waals surface area contributed by atoms with Gasteiger partial charge in [0.25, 0.3) is 0 Å². The maximum absolute atomic E-state index is 12.0. The van der Waals surface area contributed by atoms with E-state index >= 15 is 0 Å². The molecule has 5 nitrogen and oxygen atoms in total. The summed E-state index contributed by atoms with van der Waals surface area (Å²) in [6, 6.07) is 6.68. The standard InChI is InChI=1S/C12H20N2O3S2/c1-10(18(3)15)8-14-19(16,17)12-6-4-11(5-7-12)9-13-2/h4-7,10,13-14H,8-9H2,1-3H3. The number of benzene rings is 1. The summed E-state index contributed by atoms with van der Waals surface area (Å²) in [6.07, 6.45) is 1.56. The molecule has 2 unspecified atom stereocenters. The van der Waals surface area contributed by atoms with Gasteiger partial charge >= 0.3 is 0 Å². The SMILES string of the molecule is CNCc1ccc(S(=O)(=O)NCC(C)S(C)=O)cc1. The summed E-state index contributed by atoms with van der Waals surface area (Å²) in [7, 11) is -2.74. The lowest BCUT2D eigenvalue weighted by molar-refractivity contribution is 0.580. The second-order valence-electron chi connectivity index (χ2n) is 4.34. The molecule has 0 bridgehead atoms. The van der Waals surface area contributed by atoms with E-state index in [0.717, 1.165) is 5.56 Å². The second-order valence-corrected chi connectivity index (χ2v) is 7.90. The van der Waals surface area contributed by atoms with E-state index in [1.807, 2.05) is 7.05 Å². The van der Waals surface area contributed by atoms with E-state index in [4.69, 9.17) is 0 Å². The Bertz CT molecular complexity index is 526. The molecule has 0 aliphatic rings. The molecule has 2 atom stereocenters. The van der Waals surface area contributed by atoms with Gasteiger partial charge in [0.05, 0.1) is 4.90 Å². The maximum Gasteiger partial charge on any atom is 0.240 e. The molecule has 1 rings (SSSR count). The first-order chi connectivity index (χ1) is 8.86. The zero-order chi connectivity index (χ0) is 14.5. The van der Waals surface area contributed by atoms with Gasteiger partial charge < -0.3 is 5.32 Å². The Labute approximate surface area is 117 Å². The molecule has 0 aromatic heterocycles. The van der Waals surface area contributed by atoms with Crippen molar-refractivity contribution in [3.05, 3.63) is 29.8 Å². The predicted octanol–water partition coefficient (Wildman–Crippen LogP) is 0.451. The van der Waals surface area contributed by atoms with Gasteiger partial charge in [-0.3, -0.25) is 4.21 Å². The summed E-state index contributed by atoms with van der Waals surface area (Å²) < 4.78 is 37.7. The molecule has 19 heavy (non-hydrogen) atoms. The molecule has 0 radical (unpaired) electrons. The quantitative estimate of drug-likeness (QED) is 0.767. The first-order valence-electron chi connectivity index (χ1n) is 5.92. The van der Waals surface area contributed by atoms with Gasteiger partial charge in [-0.2, -0.15) is 0 Å². The van der Waals surface area contributed by atoms with Gasteiger partial charge in [-0.1, -0.05) is 12.1 Å². The van der Waals surface area contributed by atoms with E-state index in [9.17, 15) is 12.6 Å². The average Bonchev–Trinajstić information content (AvgIpc) is 2.37. The van der Waals surface area contributed by atoms with Gasteiger partial charge in [0.15, 0.2) is 0 Å². The fourth-order valence-corrected chi connectivity index (χ4v) is 2.97. The third kappa shape index (κ3) is 5.02. The van der Waals surface area contributed by atoms with Crippen molar-refractivity contribution >= 4 is 20.8 Å². The highest BCUT2D eigenvalue weighted by atomic mass is 32.2. The zero-order valence-corrected chi connectivity index (χ0v) is 13.0. The molecular formula is C12H20N2O3S2. The fourth-order valence-electron chi connectivity index (χ4n) is 1.42. The van der Waals surface area contributed by atoms with Crippen LogP contribution in [-0.2, 0) is 27.4 Å². The van der Waals surface area contributed by atoms with Crippen molar-refractivity contribution < 1.29 is 12.6 Å². The maximum atomic E-state index is 12.0. The summed E-state index contributed by atoms with van der Waals surface area (Å²) in [5.74, 6) is 0. The van der Waals surface area contributed by atoms with Gasteiger partial charge in [-0.15, -0.1) is 0 Å². The van der Waals surface area contributed by atoms with Gasteiger partial charge in [0.2, 0.25) is 10.0 Å². The van der Waals surface area contributed by atoms with Gasteiger partial charge in [-0.05, 0) is 31.7 Å². The van der Waals surface area contributed by atoms with Gasteiger partial charge in [-0.25, -0.2) is 13.1 Å². The van der Waals surface area contributed by atoms with Crippen molar-refractivity contribution in [1.82, 2.24) is 10.0 Å². The predicted molar refractivity (Wildman–Crippen MR) is 77.9 cm³/mol. The fraction of sp³-hybridized carbons (Fsp3) is 0.500. The third-order valence-corrected chi connectivity index (χ3v) is 5.48. The highest BCUT2D eigenvalue weighted by Gasteiger charge is 2.16. The number of hydrogen-bond donors (Lipinski definition) is 2. The molecule has 0 heterocycles. The van der Waals surface area contributed by atoms with Crippen molar-refractivity contribution in [2.75, 3.05) is 19.8 Å². The van der Waals surface area contributed by atoms with Crippen molar-refractivity contribution in [1.29, 1.82) is 0 Å². The van der Waals surface area contributed by atoms with Crippen LogP contribution in [0.3, 0.4) is 0 Å². The number of hydrogen-bond acceptors (Lipinski definition) is 4. The minimum atomic E-state index is -3.53. The van der Waals surface area contributed by atoms with E-state index in [2.05, 4.69) is 10.0 Å². The minimum absolute atomic E-state index is 0.170. The Morgan fingerprint density at radius 2 is 1.84 bits per heavy atom. The molecule has 0 aliphatic carbocycles. The normalized spacial score (nSPS) is 15.1. The molecule has 0 amide bonds. The lowest BCUT2D eigenvalue weighted by atomic mass is 10.2. The molecule has 7 heteroatoms. The summed E-state index contributed by atoms with van der Waals surface area (Å²) in [5, 5.41) is 2.79. The molecular weight excluding hydrogens is 284 g/mol. The second kappa shape index (κ2) is 7.14. The monoisotopic (exact) mass is 304 g/mol. The van der Waals surface area contributed by atoms with Crippen LogP contribution in [0.2, 0.25) is 0 Å². The van der Waals surface area contributed by atoms with Crippen LogP contribution < -0.4 is 10.0 Å². The summed E-state index contributed by atoms with van der Waals surface area (Å²) in [6.45, 7) is 2.61. The molecule has 0 aliphatic heterocycles. The number of nitrogens with one attached hydrogen (secondary N) is 2. The smallest absolute Gasteiger partial charge is 0.240 e. The first-order valence-corrected chi connectivity index (χ1v) is 9.02. The summed E-state index contributed by atoms with van der Waals surface area (Å²) in [5.41, 5.74) is 1.02. The molecule has 0 saturated heterocycles. The van der Waals surface area contributed by atoms with E-state index in [0.29, 0.717) is 6.54 Å². The van der Waals surface area contributed by atoms with Crippen LogP contribution in [0.5, 0.6) is 0 Å². The molecule has 0 saturated carbocycles. The minimum Gasteiger partial charge on any atom is -0.316 e. The topological polar surface area (TPSA) is 75.3 Å². The van der Waals surface area contributed by atoms with Crippen molar-refractivity contribution in [2.45, 2.75) is 23.6 Å². The lowest BCUT2D eigenvalue weighted by Crippen LogP contribution is -2.32. The third-order valence-electron chi connectivity index (χ3n) is 2.74. The van der Waals surface area contributed by atoms with Crippen molar-refractivity contribution in [3.8, 4) is 0 Å². The molecule has 1 aromatic carbocycles. The molecule has 2 N–H and O–H groups in total. The molecule has 108 valence electrons. The van der Waals surface area contributed by atoms with Crippen molar-refractivity contribution in [2.24, 2.45) is 0 Å². The number of sulfonamides is 1. The zero-order valence-electron chi connectivity index (χ0n) is 11.3. The number of rotatable bonds is 7. The van der Waals surface area contributed by atoms with Crippen molar-refractivity contribution in [3.63, 3.8) is 0 Å². The van der Waals surface area contributed by atoms with Crippen LogP contribution in [0, 0.1) is 0 Å². The van der Waals surface area contributed by atoms with Gasteiger partial charge in [0, 0.05) is 35.4 Å². The summed E-state index contributed by atoms with van der Waals surface area (Å²) in [4.78, 5) is 0.224. The van der Waals surface area contributed by atoms with Crippen LogP contribution in [0.25, 0.3) is 0 Å². The largest absolute Gasteiger partial charge is 0.316 e. The van der Waals surface area contributed by atoms with E-state index in [1.54, 1.807) is 37.4 Å². The van der Waals surface area contributed by atoms with Gasteiger partial charge in [0.1, 0.15) is 0 Å². The van der Waals surface area contributed by atoms with E-state index in [-0.39, 0.29) is 16.7 Å². The van der Waals surface area contributed by atoms with Crippen LogP contribution in [0.15, 0.2) is 29.2 Å². The Morgan fingerprint density at radius 1 is 1.26 bits per heavy atom. The van der Waals surface area contributed by atoms with E-state index < -0.39 is 20.8 Å². The Hall–Kier alpha value is -0.760. The van der Waals surface area contributed by atoms with Crippen LogP contribution in [0.1, 0.15) is 12.5 Å². The Morgan fingerprint density at radius 3 is 2.32 bits per heavy atom.